The fourth-order valence-corrected chi connectivity index (χ4v) is 4.57. The van der Waals surface area contributed by atoms with E-state index in [0.29, 0.717) is 28.6 Å². The van der Waals surface area contributed by atoms with Crippen LogP contribution in [-0.2, 0) is 11.2 Å². The zero-order valence-corrected chi connectivity index (χ0v) is 21.6. The number of hydrogen-bond donors (Lipinski definition) is 1. The number of nitrogens with zero attached hydrogens (tertiary/aromatic N) is 3. The highest BCUT2D eigenvalue weighted by atomic mass is 19.4. The Morgan fingerprint density at radius 3 is 2.20 bits per heavy atom. The van der Waals surface area contributed by atoms with Crippen LogP contribution in [0.25, 0.3) is 0 Å². The highest BCUT2D eigenvalue weighted by molar-refractivity contribution is 6.23. The second kappa shape index (κ2) is 11.0. The maximum atomic E-state index is 14.6. The lowest BCUT2D eigenvalue weighted by atomic mass is 9.78. The van der Waals surface area contributed by atoms with Crippen LogP contribution in [0.5, 0.6) is 11.5 Å². The summed E-state index contributed by atoms with van der Waals surface area (Å²) in [7, 11) is 0. The Hall–Kier alpha value is -4.17. The van der Waals surface area contributed by atoms with Crippen LogP contribution >= 0.6 is 0 Å². The quantitative estimate of drug-likeness (QED) is 0.437. The minimum Gasteiger partial charge on any atom is -0.490 e. The predicted octanol–water partition coefficient (Wildman–Crippen LogP) is 5.06. The Labute approximate surface area is 228 Å². The number of aliphatic imine (C=N–C) groups is 2. The maximum absolute atomic E-state index is 14.6. The van der Waals surface area contributed by atoms with Gasteiger partial charge in [-0.15, -0.1) is 0 Å². The van der Waals surface area contributed by atoms with E-state index in [9.17, 15) is 40.3 Å². The molecule has 4 rings (SSSR count). The van der Waals surface area contributed by atoms with Gasteiger partial charge in [0.2, 0.25) is 5.91 Å². The van der Waals surface area contributed by atoms with Crippen LogP contribution in [0.3, 0.4) is 0 Å². The van der Waals surface area contributed by atoms with Gasteiger partial charge in [-0.25, -0.2) is 19.2 Å². The third-order valence-electron chi connectivity index (χ3n) is 6.40. The first-order valence-corrected chi connectivity index (χ1v) is 12.3. The molecule has 2 aromatic rings. The highest BCUT2D eigenvalue weighted by Crippen LogP contribution is 2.53. The summed E-state index contributed by atoms with van der Waals surface area (Å²) < 4.78 is 112. The van der Waals surface area contributed by atoms with Crippen LogP contribution in [0.15, 0.2) is 52.4 Å². The molecule has 41 heavy (non-hydrogen) atoms. The molecule has 1 unspecified atom stereocenters. The molecule has 0 aliphatic carbocycles. The van der Waals surface area contributed by atoms with E-state index in [1.54, 1.807) is 37.4 Å². The highest BCUT2D eigenvalue weighted by Gasteiger charge is 2.79. The number of imide groups is 1. The largest absolute Gasteiger partial charge is 0.490 e. The third-order valence-corrected chi connectivity index (χ3v) is 6.40. The van der Waals surface area contributed by atoms with Crippen LogP contribution < -0.4 is 14.8 Å². The van der Waals surface area contributed by atoms with Gasteiger partial charge in [0.15, 0.2) is 17.3 Å². The number of rotatable bonds is 8. The number of fused-ring (bicyclic) bond motifs is 1. The summed E-state index contributed by atoms with van der Waals surface area (Å²) in [6.07, 6.45) is -12.5. The van der Waals surface area contributed by atoms with Gasteiger partial charge in [0.05, 0.1) is 18.8 Å². The fourth-order valence-electron chi connectivity index (χ4n) is 4.57. The number of benzene rings is 2. The van der Waals surface area contributed by atoms with Gasteiger partial charge >= 0.3 is 18.4 Å². The molecule has 0 bridgehead atoms. The Bertz CT molecular complexity index is 1390. The van der Waals surface area contributed by atoms with Gasteiger partial charge in [-0.3, -0.25) is 15.0 Å². The second-order valence-corrected chi connectivity index (χ2v) is 8.92. The average Bonchev–Trinajstić information content (AvgIpc) is 2.88. The standard InChI is InChI=1S/C26H23F7N4O4/c1-3-40-17-10-9-14(13-18(17)41-4-2)11-12-37-21-19(22(38)35-23(37)39)24(25(28,29)30,26(31,32)33)36-20(34-21)15-7-5-6-8-16(15)27/h5-10,13,19H,3-4,11-12H2,1-2H3,(H,35,38,39). The van der Waals surface area contributed by atoms with E-state index in [2.05, 4.69) is 9.98 Å². The molecule has 1 N–H and O–H groups in total. The van der Waals surface area contributed by atoms with E-state index >= 15 is 0 Å². The summed E-state index contributed by atoms with van der Waals surface area (Å²) in [6.45, 7) is 3.58. The van der Waals surface area contributed by atoms with E-state index in [4.69, 9.17) is 9.47 Å². The van der Waals surface area contributed by atoms with Crippen molar-refractivity contribution in [2.45, 2.75) is 38.2 Å². The van der Waals surface area contributed by atoms with Crippen LogP contribution in [-0.4, -0.2) is 66.2 Å². The fraction of sp³-hybridized carbons (Fsp3) is 0.385. The van der Waals surface area contributed by atoms with Crippen molar-refractivity contribution in [3.8, 4) is 11.5 Å². The number of carbonyl (C=O) groups excluding carboxylic acids is 2. The predicted molar refractivity (Wildman–Crippen MR) is 131 cm³/mol. The zero-order chi connectivity index (χ0) is 30.2. The first kappa shape index (κ1) is 29.8. The Morgan fingerprint density at radius 2 is 1.59 bits per heavy atom. The van der Waals surface area contributed by atoms with Crippen molar-refractivity contribution >= 4 is 23.6 Å². The van der Waals surface area contributed by atoms with Crippen molar-refractivity contribution in [1.29, 1.82) is 0 Å². The molecule has 1 saturated heterocycles. The first-order chi connectivity index (χ1) is 19.2. The molecule has 1 atom stereocenters. The molecule has 0 spiro atoms. The number of urea groups is 1. The molecular weight excluding hydrogens is 565 g/mol. The summed E-state index contributed by atoms with van der Waals surface area (Å²) in [5.74, 6) is -7.90. The second-order valence-electron chi connectivity index (χ2n) is 8.92. The number of hydrogen-bond acceptors (Lipinski definition) is 6. The SMILES string of the molecule is CCOc1ccc(CCN2C(=O)NC(=O)C3C2=NC(c2ccccc2F)=NC3(C(F)(F)F)C(F)(F)F)cc1OCC. The minimum atomic E-state index is -6.20. The van der Waals surface area contributed by atoms with Crippen molar-refractivity contribution in [3.05, 3.63) is 59.4 Å². The number of nitrogens with one attached hydrogen (secondary N) is 1. The molecule has 0 radical (unpaired) electrons. The van der Waals surface area contributed by atoms with E-state index < -0.39 is 65.3 Å². The number of amides is 3. The molecule has 220 valence electrons. The smallest absolute Gasteiger partial charge is 0.423 e. The maximum Gasteiger partial charge on any atom is 0.423 e. The molecule has 0 aromatic heterocycles. The number of ether oxygens (including phenoxy) is 2. The number of alkyl halides is 6. The van der Waals surface area contributed by atoms with Crippen molar-refractivity contribution in [2.24, 2.45) is 15.9 Å². The number of amidine groups is 2. The molecule has 2 aliphatic rings. The Balaban J connectivity index is 1.83. The number of carbonyl (C=O) groups is 2. The lowest BCUT2D eigenvalue weighted by Crippen LogP contribution is -2.73. The van der Waals surface area contributed by atoms with E-state index in [1.807, 2.05) is 0 Å². The van der Waals surface area contributed by atoms with Gasteiger partial charge in [-0.2, -0.15) is 26.3 Å². The van der Waals surface area contributed by atoms with E-state index in [0.717, 1.165) is 24.3 Å². The molecule has 2 aromatic carbocycles. The average molecular weight is 588 g/mol. The van der Waals surface area contributed by atoms with Gasteiger partial charge in [0.1, 0.15) is 17.6 Å². The lowest BCUT2D eigenvalue weighted by molar-refractivity contribution is -0.302. The van der Waals surface area contributed by atoms with Crippen molar-refractivity contribution in [2.75, 3.05) is 19.8 Å². The van der Waals surface area contributed by atoms with Crippen molar-refractivity contribution in [1.82, 2.24) is 10.2 Å². The molecule has 2 heterocycles. The van der Waals surface area contributed by atoms with Crippen LogP contribution in [0, 0.1) is 11.7 Å². The summed E-state index contributed by atoms with van der Waals surface area (Å²) >= 11 is 0. The van der Waals surface area contributed by atoms with E-state index in [1.165, 1.54) is 0 Å². The molecule has 0 saturated carbocycles. The van der Waals surface area contributed by atoms with Gasteiger partial charge < -0.3 is 9.47 Å². The summed E-state index contributed by atoms with van der Waals surface area (Å²) in [5, 5.41) is 1.57. The topological polar surface area (TPSA) is 92.6 Å². The van der Waals surface area contributed by atoms with Gasteiger partial charge in [-0.1, -0.05) is 18.2 Å². The first-order valence-electron chi connectivity index (χ1n) is 12.3. The van der Waals surface area contributed by atoms with Crippen molar-refractivity contribution in [3.63, 3.8) is 0 Å². The molecular formula is C26H23F7N4O4. The van der Waals surface area contributed by atoms with Gasteiger partial charge in [0.25, 0.3) is 5.54 Å². The lowest BCUT2D eigenvalue weighted by Gasteiger charge is -2.45. The zero-order valence-electron chi connectivity index (χ0n) is 21.6. The minimum absolute atomic E-state index is 0.100. The van der Waals surface area contributed by atoms with Gasteiger partial charge in [0, 0.05) is 6.54 Å². The van der Waals surface area contributed by atoms with Crippen LogP contribution in [0.4, 0.5) is 35.5 Å². The van der Waals surface area contributed by atoms with Crippen LogP contribution in [0.1, 0.15) is 25.0 Å². The molecule has 8 nitrogen and oxygen atoms in total. The van der Waals surface area contributed by atoms with Crippen molar-refractivity contribution < 1.29 is 49.8 Å². The Kier molecular flexibility index (Phi) is 8.00. The van der Waals surface area contributed by atoms with Crippen LogP contribution in [0.2, 0.25) is 0 Å². The summed E-state index contributed by atoms with van der Waals surface area (Å²) in [5.41, 5.74) is -5.35. The normalized spacial score (nSPS) is 18.8. The molecule has 1 fully saturated rings. The summed E-state index contributed by atoms with van der Waals surface area (Å²) in [4.78, 5) is 32.6. The van der Waals surface area contributed by atoms with E-state index in [-0.39, 0.29) is 13.0 Å². The number of halogens is 7. The summed E-state index contributed by atoms with van der Waals surface area (Å²) in [6, 6.07) is 7.39. The molecule has 3 amide bonds. The molecule has 2 aliphatic heterocycles. The Morgan fingerprint density at radius 1 is 0.951 bits per heavy atom. The monoisotopic (exact) mass is 588 g/mol. The third kappa shape index (κ3) is 5.32. The van der Waals surface area contributed by atoms with Gasteiger partial charge in [-0.05, 0) is 50.1 Å². The molecule has 15 heteroatoms.